The zero-order valence-corrected chi connectivity index (χ0v) is 6.16. The molecule has 0 saturated carbocycles. The van der Waals surface area contributed by atoms with Crippen molar-refractivity contribution in [1.29, 1.82) is 0 Å². The first-order valence-electron chi connectivity index (χ1n) is 3.67. The molecule has 2 rings (SSSR count). The van der Waals surface area contributed by atoms with Crippen molar-refractivity contribution in [1.82, 2.24) is 4.98 Å². The molecule has 1 unspecified atom stereocenters. The van der Waals surface area contributed by atoms with Crippen LogP contribution in [0, 0.1) is 0 Å². The lowest BCUT2D eigenvalue weighted by Gasteiger charge is -2.21. The predicted molar refractivity (Wildman–Crippen MR) is 41.4 cm³/mol. The number of hydrogen-bond acceptors (Lipinski definition) is 3. The van der Waals surface area contributed by atoms with E-state index in [4.69, 9.17) is 10.5 Å². The smallest absolute Gasteiger partial charge is 0.140 e. The third-order valence-corrected chi connectivity index (χ3v) is 1.81. The van der Waals surface area contributed by atoms with Crippen molar-refractivity contribution in [2.75, 3.05) is 6.61 Å². The molecule has 0 spiro atoms. The highest BCUT2D eigenvalue weighted by Gasteiger charge is 2.15. The van der Waals surface area contributed by atoms with Crippen molar-refractivity contribution < 1.29 is 4.74 Å². The summed E-state index contributed by atoms with van der Waals surface area (Å²) in [6, 6.07) is 2.10. The lowest BCUT2D eigenvalue weighted by atomic mass is 10.1. The molecule has 0 radical (unpaired) electrons. The highest BCUT2D eigenvalue weighted by Crippen LogP contribution is 2.21. The maximum atomic E-state index is 5.70. The summed E-state index contributed by atoms with van der Waals surface area (Å²) in [4.78, 5) is 3.96. The fraction of sp³-hybridized carbons (Fsp3) is 0.375. The molecule has 0 aliphatic carbocycles. The van der Waals surface area contributed by atoms with Gasteiger partial charge in [0.15, 0.2) is 0 Å². The molecule has 0 bridgehead atoms. The number of nitrogens with two attached hydrogens (primary N) is 1. The Kier molecular flexibility index (Phi) is 1.51. The number of ether oxygens (including phenoxy) is 1. The first kappa shape index (κ1) is 6.61. The minimum Gasteiger partial charge on any atom is -0.490 e. The van der Waals surface area contributed by atoms with Crippen LogP contribution < -0.4 is 10.5 Å². The van der Waals surface area contributed by atoms with Gasteiger partial charge in [-0.3, -0.25) is 4.98 Å². The number of nitrogens with zero attached hydrogens (tertiary/aromatic N) is 1. The lowest BCUT2D eigenvalue weighted by Crippen LogP contribution is -2.33. The molecular formula is C8H10N2O. The van der Waals surface area contributed by atoms with Crippen LogP contribution >= 0.6 is 0 Å². The zero-order chi connectivity index (χ0) is 7.68. The average Bonchev–Trinajstić information content (AvgIpc) is 2.04. The molecule has 1 aliphatic rings. The molecule has 0 fully saturated rings. The summed E-state index contributed by atoms with van der Waals surface area (Å²) in [5, 5.41) is 0. The van der Waals surface area contributed by atoms with E-state index in [9.17, 15) is 0 Å². The summed E-state index contributed by atoms with van der Waals surface area (Å²) in [6.07, 6.45) is 4.40. The number of fused-ring (bicyclic) bond motifs is 1. The van der Waals surface area contributed by atoms with Crippen molar-refractivity contribution >= 4 is 0 Å². The molecule has 3 heteroatoms. The van der Waals surface area contributed by atoms with Crippen LogP contribution in [0.15, 0.2) is 18.5 Å². The van der Waals surface area contributed by atoms with Gasteiger partial charge in [-0.15, -0.1) is 0 Å². The molecule has 2 heterocycles. The van der Waals surface area contributed by atoms with Gasteiger partial charge in [0.2, 0.25) is 0 Å². The Morgan fingerprint density at radius 3 is 3.45 bits per heavy atom. The van der Waals surface area contributed by atoms with Crippen LogP contribution in [0.1, 0.15) is 5.56 Å². The van der Waals surface area contributed by atoms with Crippen molar-refractivity contribution in [2.24, 2.45) is 5.73 Å². The summed E-state index contributed by atoms with van der Waals surface area (Å²) in [6.45, 7) is 0.610. The molecule has 1 atom stereocenters. The second-order valence-electron chi connectivity index (χ2n) is 2.76. The van der Waals surface area contributed by atoms with E-state index in [2.05, 4.69) is 4.98 Å². The van der Waals surface area contributed by atoms with Gasteiger partial charge in [-0.1, -0.05) is 0 Å². The molecule has 1 aliphatic heterocycles. The van der Waals surface area contributed by atoms with Gasteiger partial charge in [0.1, 0.15) is 12.4 Å². The summed E-state index contributed by atoms with van der Waals surface area (Å²) in [7, 11) is 0. The quantitative estimate of drug-likeness (QED) is 0.580. The molecule has 58 valence electrons. The summed E-state index contributed by atoms with van der Waals surface area (Å²) < 4.78 is 5.35. The highest BCUT2D eigenvalue weighted by molar-refractivity contribution is 5.32. The van der Waals surface area contributed by atoms with Gasteiger partial charge < -0.3 is 10.5 Å². The van der Waals surface area contributed by atoms with Crippen LogP contribution in [0.4, 0.5) is 0 Å². The first-order chi connectivity index (χ1) is 5.36. The van der Waals surface area contributed by atoms with Crippen molar-refractivity contribution in [2.45, 2.75) is 12.5 Å². The van der Waals surface area contributed by atoms with Gasteiger partial charge >= 0.3 is 0 Å². The second-order valence-corrected chi connectivity index (χ2v) is 2.76. The van der Waals surface area contributed by atoms with Crippen molar-refractivity contribution in [3.05, 3.63) is 24.0 Å². The summed E-state index contributed by atoms with van der Waals surface area (Å²) in [5.41, 5.74) is 6.87. The normalized spacial score (nSPS) is 22.1. The van der Waals surface area contributed by atoms with Gasteiger partial charge in [-0.05, 0) is 18.1 Å². The fourth-order valence-electron chi connectivity index (χ4n) is 1.25. The molecule has 0 amide bonds. The molecule has 0 aromatic carbocycles. The number of pyridine rings is 1. The van der Waals surface area contributed by atoms with Gasteiger partial charge in [0.05, 0.1) is 6.20 Å². The topological polar surface area (TPSA) is 48.1 Å². The minimum atomic E-state index is 0.143. The van der Waals surface area contributed by atoms with Crippen molar-refractivity contribution in [3.8, 4) is 5.75 Å². The third kappa shape index (κ3) is 1.19. The van der Waals surface area contributed by atoms with Crippen LogP contribution in [0.5, 0.6) is 5.75 Å². The van der Waals surface area contributed by atoms with Gasteiger partial charge in [-0.25, -0.2) is 0 Å². The zero-order valence-electron chi connectivity index (χ0n) is 6.16. The van der Waals surface area contributed by atoms with E-state index >= 15 is 0 Å². The molecule has 1 aromatic rings. The van der Waals surface area contributed by atoms with E-state index in [0.29, 0.717) is 6.61 Å². The molecule has 1 aromatic heterocycles. The van der Waals surface area contributed by atoms with E-state index in [-0.39, 0.29) is 6.04 Å². The average molecular weight is 150 g/mol. The fourth-order valence-corrected chi connectivity index (χ4v) is 1.25. The maximum absolute atomic E-state index is 5.70. The van der Waals surface area contributed by atoms with Crippen LogP contribution in [0.2, 0.25) is 0 Å². The van der Waals surface area contributed by atoms with E-state index in [1.165, 1.54) is 5.56 Å². The molecule has 2 N–H and O–H groups in total. The molecular weight excluding hydrogens is 140 g/mol. The Balaban J connectivity index is 2.34. The van der Waals surface area contributed by atoms with Crippen LogP contribution in [0.3, 0.4) is 0 Å². The van der Waals surface area contributed by atoms with Gasteiger partial charge in [0.25, 0.3) is 0 Å². The number of rotatable bonds is 0. The predicted octanol–water partition coefficient (Wildman–Crippen LogP) is 0.344. The standard InChI is InChI=1S/C8H10N2O/c9-7-3-6-1-2-10-4-8(6)11-5-7/h1-2,4,7H,3,5,9H2. The van der Waals surface area contributed by atoms with E-state index in [0.717, 1.165) is 12.2 Å². The van der Waals surface area contributed by atoms with Gasteiger partial charge in [-0.2, -0.15) is 0 Å². The van der Waals surface area contributed by atoms with E-state index in [1.807, 2.05) is 6.07 Å². The second kappa shape index (κ2) is 2.51. The Bertz CT molecular complexity index is 262. The Morgan fingerprint density at radius 1 is 1.64 bits per heavy atom. The molecule has 11 heavy (non-hydrogen) atoms. The lowest BCUT2D eigenvalue weighted by molar-refractivity contribution is 0.262. The van der Waals surface area contributed by atoms with Crippen molar-refractivity contribution in [3.63, 3.8) is 0 Å². The third-order valence-electron chi connectivity index (χ3n) is 1.81. The maximum Gasteiger partial charge on any atom is 0.140 e. The van der Waals surface area contributed by atoms with Gasteiger partial charge in [0, 0.05) is 12.2 Å². The minimum absolute atomic E-state index is 0.143. The monoisotopic (exact) mass is 150 g/mol. The van der Waals surface area contributed by atoms with Crippen LogP contribution in [-0.4, -0.2) is 17.6 Å². The van der Waals surface area contributed by atoms with Crippen LogP contribution in [0.25, 0.3) is 0 Å². The Hall–Kier alpha value is -1.09. The molecule has 0 saturated heterocycles. The first-order valence-corrected chi connectivity index (χ1v) is 3.67. The van der Waals surface area contributed by atoms with Crippen LogP contribution in [-0.2, 0) is 6.42 Å². The highest BCUT2D eigenvalue weighted by atomic mass is 16.5. The van der Waals surface area contributed by atoms with E-state index < -0.39 is 0 Å². The SMILES string of the molecule is NC1COc2cnccc2C1. The Labute approximate surface area is 65.2 Å². The number of aromatic nitrogens is 1. The summed E-state index contributed by atoms with van der Waals surface area (Å²) in [5.74, 6) is 0.884. The largest absolute Gasteiger partial charge is 0.490 e. The molecule has 3 nitrogen and oxygen atoms in total. The Morgan fingerprint density at radius 2 is 2.55 bits per heavy atom. The number of hydrogen-bond donors (Lipinski definition) is 1. The summed E-state index contributed by atoms with van der Waals surface area (Å²) >= 11 is 0. The van der Waals surface area contributed by atoms with E-state index in [1.54, 1.807) is 12.4 Å².